The number of hydrogen-bond acceptors (Lipinski definition) is 5. The van der Waals surface area contributed by atoms with Crippen molar-refractivity contribution in [2.45, 2.75) is 20.4 Å². The maximum atomic E-state index is 12.2. The normalized spacial score (nSPS) is 12.6. The number of fused-ring (bicyclic) bond motifs is 1. The molecule has 0 fully saturated rings. The summed E-state index contributed by atoms with van der Waals surface area (Å²) in [6.45, 7) is 5.15. The first-order chi connectivity index (χ1) is 12.1. The number of rotatable bonds is 5. The van der Waals surface area contributed by atoms with Crippen molar-refractivity contribution >= 4 is 17.5 Å². The Morgan fingerprint density at radius 1 is 1.20 bits per heavy atom. The number of carbonyl (C=O) groups is 2. The van der Waals surface area contributed by atoms with Crippen LogP contribution in [0, 0.1) is 6.92 Å². The summed E-state index contributed by atoms with van der Waals surface area (Å²) in [5.41, 5.74) is 1.78. The number of ether oxygens (including phenoxy) is 2. The second kappa shape index (κ2) is 7.25. The van der Waals surface area contributed by atoms with Gasteiger partial charge in [-0.15, -0.1) is 0 Å². The summed E-state index contributed by atoms with van der Waals surface area (Å²) >= 11 is 0. The lowest BCUT2D eigenvalue weighted by Gasteiger charge is -2.19. The van der Waals surface area contributed by atoms with Crippen LogP contribution in [0.25, 0.3) is 0 Å². The molecule has 1 aromatic heterocycles. The lowest BCUT2D eigenvalue weighted by Crippen LogP contribution is -2.34. The average Bonchev–Trinajstić information content (AvgIpc) is 3.00. The van der Waals surface area contributed by atoms with Gasteiger partial charge in [0.2, 0.25) is 5.91 Å². The van der Waals surface area contributed by atoms with Crippen LogP contribution in [0.4, 0.5) is 5.69 Å². The van der Waals surface area contributed by atoms with Gasteiger partial charge in [-0.2, -0.15) is 5.10 Å². The van der Waals surface area contributed by atoms with Crippen molar-refractivity contribution in [2.75, 3.05) is 25.1 Å². The average molecular weight is 344 g/mol. The molecule has 2 aromatic rings. The second-order valence-corrected chi connectivity index (χ2v) is 5.58. The number of aryl methyl sites for hydroxylation is 2. The van der Waals surface area contributed by atoms with E-state index in [-0.39, 0.29) is 18.4 Å². The van der Waals surface area contributed by atoms with Crippen molar-refractivity contribution in [3.05, 3.63) is 35.7 Å². The molecule has 8 heteroatoms. The summed E-state index contributed by atoms with van der Waals surface area (Å²) in [6, 6.07) is 6.86. The van der Waals surface area contributed by atoms with E-state index < -0.39 is 0 Å². The number of benzene rings is 1. The molecule has 1 aromatic carbocycles. The van der Waals surface area contributed by atoms with E-state index in [0.717, 1.165) is 5.69 Å². The van der Waals surface area contributed by atoms with Crippen molar-refractivity contribution < 1.29 is 19.1 Å². The Labute approximate surface area is 145 Å². The summed E-state index contributed by atoms with van der Waals surface area (Å²) < 4.78 is 12.5. The van der Waals surface area contributed by atoms with Crippen molar-refractivity contribution in [3.8, 4) is 11.5 Å². The van der Waals surface area contributed by atoms with Crippen LogP contribution in [0.1, 0.15) is 23.1 Å². The minimum Gasteiger partial charge on any atom is -0.486 e. The van der Waals surface area contributed by atoms with Gasteiger partial charge in [-0.3, -0.25) is 14.3 Å². The lowest BCUT2D eigenvalue weighted by atomic mass is 10.2. The third-order valence-corrected chi connectivity index (χ3v) is 3.67. The first-order valence-electron chi connectivity index (χ1n) is 8.09. The molecule has 3 rings (SSSR count). The highest BCUT2D eigenvalue weighted by molar-refractivity contribution is 5.98. The van der Waals surface area contributed by atoms with Crippen LogP contribution in [0.5, 0.6) is 11.5 Å². The molecule has 0 atom stereocenters. The third-order valence-electron chi connectivity index (χ3n) is 3.67. The van der Waals surface area contributed by atoms with Gasteiger partial charge in [0.15, 0.2) is 11.5 Å². The highest BCUT2D eigenvalue weighted by atomic mass is 16.6. The Morgan fingerprint density at radius 3 is 2.72 bits per heavy atom. The molecular formula is C17H20N4O4. The second-order valence-electron chi connectivity index (χ2n) is 5.58. The molecule has 0 saturated heterocycles. The fraction of sp³-hybridized carbons (Fsp3) is 0.353. The number of hydrogen-bond donors (Lipinski definition) is 2. The predicted octanol–water partition coefficient (Wildman–Crippen LogP) is 1.35. The molecule has 2 amide bonds. The van der Waals surface area contributed by atoms with Crippen LogP contribution in [-0.2, 0) is 11.3 Å². The maximum Gasteiger partial charge on any atom is 0.269 e. The number of carbonyl (C=O) groups excluding carboxylic acids is 2. The van der Waals surface area contributed by atoms with E-state index in [9.17, 15) is 9.59 Å². The summed E-state index contributed by atoms with van der Waals surface area (Å²) in [7, 11) is 0. The summed E-state index contributed by atoms with van der Waals surface area (Å²) in [5.74, 6) is 0.584. The molecule has 0 bridgehead atoms. The van der Waals surface area contributed by atoms with Gasteiger partial charge in [0.25, 0.3) is 5.91 Å². The van der Waals surface area contributed by atoms with Gasteiger partial charge in [0.05, 0.1) is 12.2 Å². The molecule has 0 aliphatic carbocycles. The van der Waals surface area contributed by atoms with E-state index >= 15 is 0 Å². The molecule has 0 radical (unpaired) electrons. The van der Waals surface area contributed by atoms with Crippen molar-refractivity contribution in [1.29, 1.82) is 0 Å². The topological polar surface area (TPSA) is 94.5 Å². The Kier molecular flexibility index (Phi) is 4.87. The Hall–Kier alpha value is -3.03. The van der Waals surface area contributed by atoms with Gasteiger partial charge < -0.3 is 20.1 Å². The monoisotopic (exact) mass is 344 g/mol. The van der Waals surface area contributed by atoms with Gasteiger partial charge in [0.1, 0.15) is 18.9 Å². The summed E-state index contributed by atoms with van der Waals surface area (Å²) in [5, 5.41) is 9.54. The Balaban J connectivity index is 1.56. The number of amides is 2. The molecule has 2 heterocycles. The van der Waals surface area contributed by atoms with Gasteiger partial charge in [-0.25, -0.2) is 0 Å². The molecule has 2 N–H and O–H groups in total. The SMILES string of the molecule is CCn1nc(C)cc1C(=O)NCC(=O)Nc1ccc2c(c1)OCCO2. The lowest BCUT2D eigenvalue weighted by molar-refractivity contribution is -0.115. The Bertz CT molecular complexity index is 800. The van der Waals surface area contributed by atoms with Gasteiger partial charge in [-0.1, -0.05) is 0 Å². The fourth-order valence-corrected chi connectivity index (χ4v) is 2.55. The molecular weight excluding hydrogens is 324 g/mol. The minimum absolute atomic E-state index is 0.138. The van der Waals surface area contributed by atoms with Crippen molar-refractivity contribution in [2.24, 2.45) is 0 Å². The quantitative estimate of drug-likeness (QED) is 0.854. The molecule has 25 heavy (non-hydrogen) atoms. The Morgan fingerprint density at radius 2 is 1.96 bits per heavy atom. The van der Waals surface area contributed by atoms with E-state index in [2.05, 4.69) is 15.7 Å². The van der Waals surface area contributed by atoms with E-state index in [1.54, 1.807) is 28.9 Å². The van der Waals surface area contributed by atoms with E-state index in [1.165, 1.54) is 0 Å². The standard InChI is InChI=1S/C17H20N4O4/c1-3-21-13(8-11(2)20-21)17(23)18-10-16(22)19-12-4-5-14-15(9-12)25-7-6-24-14/h4-5,8-9H,3,6-7,10H2,1-2H3,(H,18,23)(H,19,22). The van der Waals surface area contributed by atoms with Crippen molar-refractivity contribution in [1.82, 2.24) is 15.1 Å². The number of aromatic nitrogens is 2. The van der Waals surface area contributed by atoms with Gasteiger partial charge in [0, 0.05) is 18.3 Å². The van der Waals surface area contributed by atoms with Crippen molar-refractivity contribution in [3.63, 3.8) is 0 Å². The first-order valence-corrected chi connectivity index (χ1v) is 8.09. The van der Waals surface area contributed by atoms with Crippen LogP contribution >= 0.6 is 0 Å². The third kappa shape index (κ3) is 3.90. The maximum absolute atomic E-state index is 12.2. The van der Waals surface area contributed by atoms with Gasteiger partial charge in [-0.05, 0) is 32.0 Å². The van der Waals surface area contributed by atoms with Crippen LogP contribution < -0.4 is 20.1 Å². The van der Waals surface area contributed by atoms with Crippen LogP contribution in [0.2, 0.25) is 0 Å². The molecule has 8 nitrogen and oxygen atoms in total. The van der Waals surface area contributed by atoms with E-state index in [0.29, 0.717) is 42.6 Å². The van der Waals surface area contributed by atoms with Crippen LogP contribution in [0.3, 0.4) is 0 Å². The predicted molar refractivity (Wildman–Crippen MR) is 91.0 cm³/mol. The zero-order chi connectivity index (χ0) is 17.8. The number of nitrogens with zero attached hydrogens (tertiary/aromatic N) is 2. The molecule has 1 aliphatic rings. The zero-order valence-electron chi connectivity index (χ0n) is 14.2. The fourth-order valence-electron chi connectivity index (χ4n) is 2.55. The molecule has 1 aliphatic heterocycles. The van der Waals surface area contributed by atoms with Gasteiger partial charge >= 0.3 is 0 Å². The number of nitrogens with one attached hydrogen (secondary N) is 2. The highest BCUT2D eigenvalue weighted by Gasteiger charge is 2.15. The summed E-state index contributed by atoms with van der Waals surface area (Å²) in [6.07, 6.45) is 0. The molecule has 0 spiro atoms. The zero-order valence-corrected chi connectivity index (χ0v) is 14.2. The number of anilines is 1. The minimum atomic E-state index is -0.334. The van der Waals surface area contributed by atoms with E-state index in [1.807, 2.05) is 13.8 Å². The molecule has 0 unspecified atom stereocenters. The van der Waals surface area contributed by atoms with Crippen LogP contribution in [0.15, 0.2) is 24.3 Å². The highest BCUT2D eigenvalue weighted by Crippen LogP contribution is 2.32. The van der Waals surface area contributed by atoms with E-state index in [4.69, 9.17) is 9.47 Å². The first kappa shape index (κ1) is 16.8. The smallest absolute Gasteiger partial charge is 0.269 e. The summed E-state index contributed by atoms with van der Waals surface area (Å²) in [4.78, 5) is 24.3. The largest absolute Gasteiger partial charge is 0.486 e. The molecule has 0 saturated carbocycles. The molecule has 132 valence electrons. The van der Waals surface area contributed by atoms with Crippen LogP contribution in [-0.4, -0.2) is 41.4 Å².